The molecule has 1 aromatic heterocycles. The van der Waals surface area contributed by atoms with Gasteiger partial charge in [0.2, 0.25) is 0 Å². The fraction of sp³-hybridized carbons (Fsp3) is 0. The Kier molecular flexibility index (Phi) is 1.17. The van der Waals surface area contributed by atoms with Crippen LogP contribution in [0.1, 0.15) is 0 Å². The second-order valence-electron chi connectivity index (χ2n) is 1.88. The largest absolute Gasteiger partial charge is 0.244 e. The van der Waals surface area contributed by atoms with Crippen molar-refractivity contribution < 1.29 is 4.39 Å². The summed E-state index contributed by atoms with van der Waals surface area (Å²) in [6, 6.07) is 5.48. The lowest BCUT2D eigenvalue weighted by Crippen LogP contribution is -1.71. The lowest BCUT2D eigenvalue weighted by molar-refractivity contribution is 0.629. The van der Waals surface area contributed by atoms with Crippen LogP contribution in [-0.2, 0) is 0 Å². The van der Waals surface area contributed by atoms with Crippen LogP contribution in [0.15, 0.2) is 17.6 Å². The SMILES string of the molecule is Fc1c[c]c2ncsc2c1. The maximum Gasteiger partial charge on any atom is 0.125 e. The first-order valence-corrected chi connectivity index (χ1v) is 3.64. The van der Waals surface area contributed by atoms with Crippen LogP contribution in [0, 0.1) is 11.9 Å². The van der Waals surface area contributed by atoms with Crippen LogP contribution in [0.4, 0.5) is 4.39 Å². The summed E-state index contributed by atoms with van der Waals surface area (Å²) in [5.41, 5.74) is 2.42. The first-order valence-electron chi connectivity index (χ1n) is 2.77. The van der Waals surface area contributed by atoms with Gasteiger partial charge in [0.25, 0.3) is 0 Å². The molecule has 0 aliphatic rings. The van der Waals surface area contributed by atoms with Gasteiger partial charge in [0.15, 0.2) is 0 Å². The molecule has 0 N–H and O–H groups in total. The maximum atomic E-state index is 12.5. The summed E-state index contributed by atoms with van der Waals surface area (Å²) in [6.45, 7) is 0. The van der Waals surface area contributed by atoms with Crippen molar-refractivity contribution in [3.63, 3.8) is 0 Å². The summed E-state index contributed by atoms with van der Waals surface area (Å²) in [5, 5.41) is 0. The molecule has 10 heavy (non-hydrogen) atoms. The third kappa shape index (κ3) is 0.789. The molecule has 3 heteroatoms. The molecule has 0 saturated heterocycles. The molecule has 2 aromatic rings. The van der Waals surface area contributed by atoms with Gasteiger partial charge in [-0.15, -0.1) is 11.3 Å². The first-order chi connectivity index (χ1) is 4.86. The Bertz CT molecular complexity index is 355. The van der Waals surface area contributed by atoms with Crippen molar-refractivity contribution in [2.24, 2.45) is 0 Å². The minimum atomic E-state index is -0.253. The van der Waals surface area contributed by atoms with Gasteiger partial charge >= 0.3 is 0 Å². The topological polar surface area (TPSA) is 12.9 Å². The lowest BCUT2D eigenvalue weighted by atomic mass is 10.3. The van der Waals surface area contributed by atoms with E-state index in [9.17, 15) is 4.39 Å². The van der Waals surface area contributed by atoms with Crippen molar-refractivity contribution in [2.45, 2.75) is 0 Å². The molecule has 0 spiro atoms. The average molecular weight is 152 g/mol. The molecule has 0 aliphatic carbocycles. The zero-order valence-corrected chi connectivity index (χ0v) is 5.78. The van der Waals surface area contributed by atoms with Gasteiger partial charge in [0.05, 0.1) is 15.7 Å². The Morgan fingerprint density at radius 3 is 3.40 bits per heavy atom. The van der Waals surface area contributed by atoms with E-state index >= 15 is 0 Å². The van der Waals surface area contributed by atoms with E-state index in [-0.39, 0.29) is 5.82 Å². The highest BCUT2D eigenvalue weighted by Gasteiger charge is 1.96. The number of halogens is 1. The summed E-state index contributed by atoms with van der Waals surface area (Å²) in [4.78, 5) is 3.96. The van der Waals surface area contributed by atoms with Crippen LogP contribution in [-0.4, -0.2) is 4.98 Å². The smallest absolute Gasteiger partial charge is 0.125 e. The van der Waals surface area contributed by atoms with Gasteiger partial charge in [-0.3, -0.25) is 0 Å². The molecular weight excluding hydrogens is 149 g/mol. The molecule has 1 nitrogen and oxygen atoms in total. The molecule has 49 valence electrons. The van der Waals surface area contributed by atoms with E-state index in [0.717, 1.165) is 10.2 Å². The Morgan fingerprint density at radius 1 is 1.60 bits per heavy atom. The van der Waals surface area contributed by atoms with Gasteiger partial charge in [-0.25, -0.2) is 9.37 Å². The van der Waals surface area contributed by atoms with Gasteiger partial charge in [-0.05, 0) is 12.1 Å². The summed E-state index contributed by atoms with van der Waals surface area (Å²) in [5.74, 6) is -0.253. The second-order valence-corrected chi connectivity index (χ2v) is 2.77. The van der Waals surface area contributed by atoms with Gasteiger partial charge < -0.3 is 0 Å². The van der Waals surface area contributed by atoms with Crippen LogP contribution in [0.5, 0.6) is 0 Å². The molecule has 2 rings (SSSR count). The third-order valence-corrected chi connectivity index (χ3v) is 1.99. The van der Waals surface area contributed by atoms with Crippen molar-refractivity contribution in [3.8, 4) is 0 Å². The number of thiazole rings is 1. The maximum absolute atomic E-state index is 12.5. The average Bonchev–Trinajstić information content (AvgIpc) is 2.33. The van der Waals surface area contributed by atoms with Gasteiger partial charge in [-0.1, -0.05) is 0 Å². The Hall–Kier alpha value is -0.960. The van der Waals surface area contributed by atoms with Gasteiger partial charge in [0, 0.05) is 6.07 Å². The summed E-state index contributed by atoms with van der Waals surface area (Å²) < 4.78 is 13.3. The third-order valence-electron chi connectivity index (χ3n) is 1.21. The van der Waals surface area contributed by atoms with E-state index in [4.69, 9.17) is 0 Å². The molecule has 0 amide bonds. The van der Waals surface area contributed by atoms with Crippen LogP contribution in [0.3, 0.4) is 0 Å². The number of hydrogen-bond acceptors (Lipinski definition) is 2. The molecule has 0 atom stereocenters. The summed E-state index contributed by atoms with van der Waals surface area (Å²) in [7, 11) is 0. The van der Waals surface area contributed by atoms with E-state index in [1.165, 1.54) is 23.5 Å². The Labute approximate surface area is 61.1 Å². The molecule has 1 radical (unpaired) electrons. The van der Waals surface area contributed by atoms with E-state index in [2.05, 4.69) is 11.1 Å². The normalized spacial score (nSPS) is 10.5. The number of aromatic nitrogens is 1. The second kappa shape index (κ2) is 2.02. The quantitative estimate of drug-likeness (QED) is 0.564. The molecular formula is C7H3FNS. The van der Waals surface area contributed by atoms with Crippen molar-refractivity contribution in [3.05, 3.63) is 29.5 Å². The van der Waals surface area contributed by atoms with Gasteiger partial charge in [-0.2, -0.15) is 0 Å². The Morgan fingerprint density at radius 2 is 2.50 bits per heavy atom. The fourth-order valence-corrected chi connectivity index (χ4v) is 1.45. The van der Waals surface area contributed by atoms with E-state index in [1.54, 1.807) is 5.51 Å². The van der Waals surface area contributed by atoms with E-state index in [1.807, 2.05) is 0 Å². The first kappa shape index (κ1) is 5.80. The highest BCUT2D eigenvalue weighted by atomic mass is 32.1. The highest BCUT2D eigenvalue weighted by molar-refractivity contribution is 7.16. The minimum absolute atomic E-state index is 0.253. The van der Waals surface area contributed by atoms with Crippen LogP contribution >= 0.6 is 11.3 Å². The zero-order valence-electron chi connectivity index (χ0n) is 4.97. The standard InChI is InChI=1S/C7H3FNS/c8-5-1-2-6-7(3-5)10-4-9-6/h1,3-4H. The highest BCUT2D eigenvalue weighted by Crippen LogP contribution is 2.17. The zero-order chi connectivity index (χ0) is 6.97. The predicted octanol–water partition coefficient (Wildman–Crippen LogP) is 2.24. The fourth-order valence-electron chi connectivity index (χ4n) is 0.770. The van der Waals surface area contributed by atoms with Crippen LogP contribution in [0.25, 0.3) is 10.2 Å². The lowest BCUT2D eigenvalue weighted by Gasteiger charge is -1.84. The molecule has 0 bridgehead atoms. The number of fused-ring (bicyclic) bond motifs is 1. The molecule has 0 saturated carbocycles. The van der Waals surface area contributed by atoms with E-state index in [0.29, 0.717) is 0 Å². The van der Waals surface area contributed by atoms with Crippen molar-refractivity contribution in [1.29, 1.82) is 0 Å². The Balaban J connectivity index is 2.86. The van der Waals surface area contributed by atoms with Crippen molar-refractivity contribution in [1.82, 2.24) is 4.98 Å². The van der Waals surface area contributed by atoms with E-state index < -0.39 is 0 Å². The van der Waals surface area contributed by atoms with Crippen molar-refractivity contribution >= 4 is 21.6 Å². The van der Waals surface area contributed by atoms with Crippen LogP contribution in [0.2, 0.25) is 0 Å². The minimum Gasteiger partial charge on any atom is -0.244 e. The molecule has 1 heterocycles. The van der Waals surface area contributed by atoms with Gasteiger partial charge in [0.1, 0.15) is 5.82 Å². The molecule has 1 aromatic carbocycles. The van der Waals surface area contributed by atoms with Crippen molar-refractivity contribution in [2.75, 3.05) is 0 Å². The number of nitrogens with zero attached hydrogens (tertiary/aromatic N) is 1. The predicted molar refractivity (Wildman–Crippen MR) is 38.4 cm³/mol. The monoisotopic (exact) mass is 152 g/mol. The molecule has 0 unspecified atom stereocenters. The number of hydrogen-bond donors (Lipinski definition) is 0. The number of rotatable bonds is 0. The van der Waals surface area contributed by atoms with Crippen LogP contribution < -0.4 is 0 Å². The molecule has 0 fully saturated rings. The summed E-state index contributed by atoms with van der Waals surface area (Å²) in [6.07, 6.45) is 0. The number of benzene rings is 1. The summed E-state index contributed by atoms with van der Waals surface area (Å²) >= 11 is 1.42. The molecule has 0 aliphatic heterocycles.